The highest BCUT2D eigenvalue weighted by molar-refractivity contribution is 5.80. The van der Waals surface area contributed by atoms with E-state index in [2.05, 4.69) is 43.1 Å². The zero-order valence-electron chi connectivity index (χ0n) is 16.7. The van der Waals surface area contributed by atoms with E-state index in [4.69, 9.17) is 4.42 Å². The minimum atomic E-state index is -0.475. The molecule has 2 aromatic carbocycles. The Bertz CT molecular complexity index is 1130. The van der Waals surface area contributed by atoms with Crippen LogP contribution in [0.5, 0.6) is 0 Å². The maximum atomic E-state index is 13.0. The van der Waals surface area contributed by atoms with Gasteiger partial charge in [-0.05, 0) is 43.1 Å². The number of benzene rings is 2. The molecule has 0 unspecified atom stereocenters. The van der Waals surface area contributed by atoms with Crippen LogP contribution >= 0.6 is 0 Å². The van der Waals surface area contributed by atoms with Crippen molar-refractivity contribution in [3.05, 3.63) is 70.2 Å². The van der Waals surface area contributed by atoms with Crippen LogP contribution in [-0.2, 0) is 11.3 Å². The molecule has 1 amide bonds. The van der Waals surface area contributed by atoms with E-state index in [-0.39, 0.29) is 12.5 Å². The van der Waals surface area contributed by atoms with E-state index in [0.717, 1.165) is 19.6 Å². The highest BCUT2D eigenvalue weighted by Crippen LogP contribution is 2.44. The number of nitrogens with zero attached hydrogens (tertiary/aromatic N) is 3. The summed E-state index contributed by atoms with van der Waals surface area (Å²) in [4.78, 5) is 29.6. The van der Waals surface area contributed by atoms with Crippen molar-refractivity contribution < 1.29 is 9.21 Å². The summed E-state index contributed by atoms with van der Waals surface area (Å²) in [6.07, 6.45) is 0. The van der Waals surface area contributed by atoms with Gasteiger partial charge in [-0.1, -0.05) is 36.4 Å². The van der Waals surface area contributed by atoms with Gasteiger partial charge in [0, 0.05) is 31.6 Å². The highest BCUT2D eigenvalue weighted by atomic mass is 16.4. The molecule has 29 heavy (non-hydrogen) atoms. The average molecular weight is 391 g/mol. The van der Waals surface area contributed by atoms with Crippen LogP contribution in [-0.4, -0.2) is 47.0 Å². The summed E-state index contributed by atoms with van der Waals surface area (Å²) in [6.45, 7) is 4.66. The van der Waals surface area contributed by atoms with Crippen LogP contribution in [0.15, 0.2) is 57.7 Å². The Kier molecular flexibility index (Phi) is 4.32. The fourth-order valence-corrected chi connectivity index (χ4v) is 5.25. The van der Waals surface area contributed by atoms with Crippen molar-refractivity contribution in [3.8, 4) is 0 Å². The molecule has 0 aliphatic carbocycles. The molecule has 2 fully saturated rings. The fourth-order valence-electron chi connectivity index (χ4n) is 5.25. The molecule has 0 bridgehead atoms. The molecule has 6 heteroatoms. The number of rotatable bonds is 3. The lowest BCUT2D eigenvalue weighted by atomic mass is 9.88. The first-order valence-corrected chi connectivity index (χ1v) is 10.1. The van der Waals surface area contributed by atoms with Gasteiger partial charge in [0.2, 0.25) is 5.91 Å². The maximum Gasteiger partial charge on any atom is 0.420 e. The summed E-state index contributed by atoms with van der Waals surface area (Å²) in [5.41, 5.74) is 3.84. The Labute approximate surface area is 169 Å². The third-order valence-corrected chi connectivity index (χ3v) is 6.62. The van der Waals surface area contributed by atoms with Crippen LogP contribution in [0.1, 0.15) is 17.2 Å². The number of oxazole rings is 1. The number of likely N-dealkylation sites (tertiary alicyclic amines) is 2. The summed E-state index contributed by atoms with van der Waals surface area (Å²) in [5, 5.41) is 0. The molecule has 150 valence electrons. The van der Waals surface area contributed by atoms with Gasteiger partial charge in [0.1, 0.15) is 6.54 Å². The number of hydrogen-bond donors (Lipinski definition) is 0. The largest absolute Gasteiger partial charge is 0.420 e. The molecule has 2 aliphatic heterocycles. The molecule has 6 nitrogen and oxygen atoms in total. The number of aromatic nitrogens is 1. The first-order chi connectivity index (χ1) is 14.0. The van der Waals surface area contributed by atoms with Crippen molar-refractivity contribution in [1.82, 2.24) is 14.4 Å². The molecular formula is C23H25N3O3. The van der Waals surface area contributed by atoms with Gasteiger partial charge in [-0.3, -0.25) is 14.3 Å². The van der Waals surface area contributed by atoms with E-state index < -0.39 is 5.76 Å². The van der Waals surface area contributed by atoms with E-state index in [1.54, 1.807) is 6.07 Å². The Hall–Kier alpha value is -2.86. The Morgan fingerprint density at radius 2 is 1.83 bits per heavy atom. The van der Waals surface area contributed by atoms with Crippen LogP contribution in [0.25, 0.3) is 11.1 Å². The molecule has 3 aromatic rings. The van der Waals surface area contributed by atoms with Crippen molar-refractivity contribution in [2.75, 3.05) is 26.7 Å². The quantitative estimate of drug-likeness (QED) is 0.689. The number of hydrogen-bond acceptors (Lipinski definition) is 4. The van der Waals surface area contributed by atoms with Gasteiger partial charge in [-0.15, -0.1) is 0 Å². The first kappa shape index (κ1) is 18.2. The van der Waals surface area contributed by atoms with Gasteiger partial charge < -0.3 is 9.32 Å². The molecule has 2 aliphatic rings. The lowest BCUT2D eigenvalue weighted by Gasteiger charge is -2.28. The molecule has 3 heterocycles. The SMILES string of the molecule is Cc1ccccc1[C@H]1[C@@H]2CN(C(=O)Cn3c(=O)oc4ccccc43)C[C@@H]2CN1C. The standard InChI is InChI=1S/C23H25N3O3/c1-15-7-3-4-8-17(15)22-18-13-25(12-16(18)11-24(22)2)21(27)14-26-19-9-5-6-10-20(19)29-23(26)28/h3-10,16,18,22H,11-14H2,1-2H3/t16-,18+,22-/m0/s1. The lowest BCUT2D eigenvalue weighted by Crippen LogP contribution is -2.36. The van der Waals surface area contributed by atoms with Crippen molar-refractivity contribution in [2.24, 2.45) is 11.8 Å². The average Bonchev–Trinajstić information content (AvgIpc) is 3.33. The van der Waals surface area contributed by atoms with Gasteiger partial charge in [0.05, 0.1) is 5.52 Å². The molecular weight excluding hydrogens is 366 g/mol. The van der Waals surface area contributed by atoms with Crippen LogP contribution < -0.4 is 5.76 Å². The van der Waals surface area contributed by atoms with Gasteiger partial charge >= 0.3 is 5.76 Å². The molecule has 3 atom stereocenters. The third kappa shape index (κ3) is 2.99. The Balaban J connectivity index is 1.37. The second kappa shape index (κ2) is 6.88. The zero-order chi connectivity index (χ0) is 20.1. The molecule has 0 N–H and O–H groups in total. The molecule has 0 saturated carbocycles. The maximum absolute atomic E-state index is 13.0. The van der Waals surface area contributed by atoms with E-state index >= 15 is 0 Å². The lowest BCUT2D eigenvalue weighted by molar-refractivity contribution is -0.131. The Morgan fingerprint density at radius 1 is 1.07 bits per heavy atom. The Morgan fingerprint density at radius 3 is 2.66 bits per heavy atom. The monoisotopic (exact) mass is 391 g/mol. The van der Waals surface area contributed by atoms with Gasteiger partial charge in [0.25, 0.3) is 0 Å². The fraction of sp³-hybridized carbons (Fsp3) is 0.391. The number of carbonyl (C=O) groups excluding carboxylic acids is 1. The zero-order valence-corrected chi connectivity index (χ0v) is 16.7. The minimum Gasteiger partial charge on any atom is -0.408 e. The van der Waals surface area contributed by atoms with Crippen molar-refractivity contribution in [3.63, 3.8) is 0 Å². The van der Waals surface area contributed by atoms with E-state index in [0.29, 0.717) is 29.0 Å². The third-order valence-electron chi connectivity index (χ3n) is 6.62. The van der Waals surface area contributed by atoms with Crippen LogP contribution in [0.4, 0.5) is 0 Å². The molecule has 0 spiro atoms. The summed E-state index contributed by atoms with van der Waals surface area (Å²) >= 11 is 0. The predicted octanol–water partition coefficient (Wildman–Crippen LogP) is 2.66. The summed E-state index contributed by atoms with van der Waals surface area (Å²) < 4.78 is 6.71. The molecule has 2 saturated heterocycles. The first-order valence-electron chi connectivity index (χ1n) is 10.1. The molecule has 0 radical (unpaired) electrons. The van der Waals surface area contributed by atoms with Crippen molar-refractivity contribution in [1.29, 1.82) is 0 Å². The van der Waals surface area contributed by atoms with Crippen LogP contribution in [0.2, 0.25) is 0 Å². The van der Waals surface area contributed by atoms with Gasteiger partial charge in [-0.2, -0.15) is 0 Å². The summed E-state index contributed by atoms with van der Waals surface area (Å²) in [5.74, 6) is 0.393. The van der Waals surface area contributed by atoms with E-state index in [1.807, 2.05) is 23.1 Å². The number of aryl methyl sites for hydroxylation is 1. The second-order valence-corrected chi connectivity index (χ2v) is 8.39. The van der Waals surface area contributed by atoms with Crippen LogP contribution in [0.3, 0.4) is 0 Å². The van der Waals surface area contributed by atoms with E-state index in [1.165, 1.54) is 15.7 Å². The topological polar surface area (TPSA) is 58.7 Å². The van der Waals surface area contributed by atoms with E-state index in [9.17, 15) is 9.59 Å². The number of para-hydroxylation sites is 2. The van der Waals surface area contributed by atoms with Crippen LogP contribution in [0, 0.1) is 18.8 Å². The number of carbonyl (C=O) groups is 1. The van der Waals surface area contributed by atoms with Crippen molar-refractivity contribution >= 4 is 17.0 Å². The second-order valence-electron chi connectivity index (χ2n) is 8.39. The predicted molar refractivity (Wildman–Crippen MR) is 111 cm³/mol. The summed E-state index contributed by atoms with van der Waals surface area (Å²) in [6, 6.07) is 16.1. The number of fused-ring (bicyclic) bond motifs is 2. The molecule has 1 aromatic heterocycles. The highest BCUT2D eigenvalue weighted by Gasteiger charge is 2.47. The van der Waals surface area contributed by atoms with Gasteiger partial charge in [0.15, 0.2) is 5.58 Å². The number of amides is 1. The van der Waals surface area contributed by atoms with Gasteiger partial charge in [-0.25, -0.2) is 4.79 Å². The van der Waals surface area contributed by atoms with Crippen molar-refractivity contribution in [2.45, 2.75) is 19.5 Å². The smallest absolute Gasteiger partial charge is 0.408 e. The minimum absolute atomic E-state index is 0.0146. The molecule has 5 rings (SSSR count). The normalized spacial score (nSPS) is 24.3. The summed E-state index contributed by atoms with van der Waals surface area (Å²) in [7, 11) is 2.18.